The van der Waals surface area contributed by atoms with Crippen molar-refractivity contribution in [1.29, 1.82) is 0 Å². The molecule has 122 valence electrons. The second kappa shape index (κ2) is 14.6. The minimum atomic E-state index is -0.529. The molecule has 8 heteroatoms. The van der Waals surface area contributed by atoms with Crippen molar-refractivity contribution >= 4 is 12.6 Å². The number of rotatable bonds is 14. The van der Waals surface area contributed by atoms with Gasteiger partial charge >= 0.3 is 0 Å². The number of aliphatic hydroxyl groups excluding tert-OH is 1. The molecule has 0 aliphatic heterocycles. The van der Waals surface area contributed by atoms with Gasteiger partial charge in [-0.15, -0.1) is 5.16 Å². The van der Waals surface area contributed by atoms with Gasteiger partial charge in [-0.1, -0.05) is 0 Å². The molecule has 8 nitrogen and oxygen atoms in total. The number of ether oxygens (including phenoxy) is 1. The Balaban J connectivity index is 3.30. The highest BCUT2D eigenvalue weighted by Crippen LogP contribution is 1.95. The van der Waals surface area contributed by atoms with Gasteiger partial charge in [0.25, 0.3) is 0 Å². The van der Waals surface area contributed by atoms with E-state index in [9.17, 15) is 4.79 Å². The number of nitrogens with one attached hydrogen (secondary N) is 2. The van der Waals surface area contributed by atoms with E-state index in [-0.39, 0.29) is 6.54 Å². The highest BCUT2D eigenvalue weighted by molar-refractivity contribution is 5.77. The van der Waals surface area contributed by atoms with Crippen LogP contribution in [0.3, 0.4) is 0 Å². The lowest BCUT2D eigenvalue weighted by Gasteiger charge is -2.06. The number of carbonyl (C=O) groups excluding carboxylic acids is 1. The SMILES string of the molecule is C=NOCCOCCCCCN/C=C(\N)CNC(=O)CO. The van der Waals surface area contributed by atoms with Crippen molar-refractivity contribution < 1.29 is 19.5 Å². The summed E-state index contributed by atoms with van der Waals surface area (Å²) in [4.78, 5) is 15.5. The first-order valence-electron chi connectivity index (χ1n) is 6.92. The molecule has 0 saturated heterocycles. The maximum atomic E-state index is 10.8. The number of aliphatic hydroxyl groups is 1. The lowest BCUT2D eigenvalue weighted by Crippen LogP contribution is -2.30. The lowest BCUT2D eigenvalue weighted by atomic mass is 10.2. The van der Waals surface area contributed by atoms with E-state index in [0.29, 0.717) is 25.5 Å². The number of hydrogen-bond acceptors (Lipinski definition) is 7. The summed E-state index contributed by atoms with van der Waals surface area (Å²) in [5.41, 5.74) is 6.17. The van der Waals surface area contributed by atoms with Gasteiger partial charge in [0.1, 0.15) is 13.2 Å². The molecule has 0 fully saturated rings. The first-order valence-corrected chi connectivity index (χ1v) is 6.92. The van der Waals surface area contributed by atoms with E-state index in [1.165, 1.54) is 0 Å². The Morgan fingerprint density at radius 1 is 1.29 bits per heavy atom. The lowest BCUT2D eigenvalue weighted by molar-refractivity contribution is -0.123. The van der Waals surface area contributed by atoms with Crippen LogP contribution in [0.5, 0.6) is 0 Å². The fraction of sp³-hybridized carbons (Fsp3) is 0.692. The average Bonchev–Trinajstić information content (AvgIpc) is 2.50. The molecule has 0 spiro atoms. The van der Waals surface area contributed by atoms with E-state index in [4.69, 9.17) is 15.6 Å². The van der Waals surface area contributed by atoms with Crippen molar-refractivity contribution in [1.82, 2.24) is 10.6 Å². The van der Waals surface area contributed by atoms with Crippen molar-refractivity contribution in [3.63, 3.8) is 0 Å². The first-order chi connectivity index (χ1) is 10.2. The molecule has 0 radical (unpaired) electrons. The molecule has 0 unspecified atom stereocenters. The molecule has 0 atom stereocenters. The Bertz CT molecular complexity index is 311. The van der Waals surface area contributed by atoms with E-state index in [1.54, 1.807) is 6.20 Å². The molecule has 0 saturated carbocycles. The van der Waals surface area contributed by atoms with Crippen molar-refractivity contribution in [3.05, 3.63) is 11.9 Å². The second-order valence-electron chi connectivity index (χ2n) is 4.24. The van der Waals surface area contributed by atoms with Crippen molar-refractivity contribution in [2.45, 2.75) is 19.3 Å². The van der Waals surface area contributed by atoms with Gasteiger partial charge in [0.15, 0.2) is 0 Å². The van der Waals surface area contributed by atoms with Crippen LogP contribution in [0, 0.1) is 0 Å². The predicted octanol–water partition coefficient (Wildman–Crippen LogP) is -0.696. The molecule has 0 aliphatic rings. The third-order valence-corrected chi connectivity index (χ3v) is 2.44. The molecule has 0 aliphatic carbocycles. The zero-order valence-electron chi connectivity index (χ0n) is 12.3. The van der Waals surface area contributed by atoms with Gasteiger partial charge in [-0.3, -0.25) is 4.79 Å². The number of amides is 1. The normalized spacial score (nSPS) is 11.0. The summed E-state index contributed by atoms with van der Waals surface area (Å²) in [6.07, 6.45) is 4.69. The molecule has 1 amide bonds. The Morgan fingerprint density at radius 3 is 2.81 bits per heavy atom. The maximum absolute atomic E-state index is 10.8. The summed E-state index contributed by atoms with van der Waals surface area (Å²) in [7, 11) is 0. The van der Waals surface area contributed by atoms with Crippen LogP contribution in [-0.2, 0) is 14.4 Å². The van der Waals surface area contributed by atoms with Crippen molar-refractivity contribution in [2.24, 2.45) is 10.9 Å². The summed E-state index contributed by atoms with van der Waals surface area (Å²) >= 11 is 0. The quantitative estimate of drug-likeness (QED) is 0.191. The molecule has 0 rings (SSSR count). The molecule has 0 heterocycles. The Morgan fingerprint density at radius 2 is 2.10 bits per heavy atom. The maximum Gasteiger partial charge on any atom is 0.246 e. The van der Waals surface area contributed by atoms with Crippen molar-refractivity contribution in [2.75, 3.05) is 39.5 Å². The number of nitrogens with zero attached hydrogens (tertiary/aromatic N) is 1. The van der Waals surface area contributed by atoms with E-state index in [1.807, 2.05) is 0 Å². The monoisotopic (exact) mass is 302 g/mol. The van der Waals surface area contributed by atoms with Gasteiger partial charge in [-0.05, 0) is 19.3 Å². The number of oxime groups is 1. The molecule has 21 heavy (non-hydrogen) atoms. The summed E-state index contributed by atoms with van der Waals surface area (Å²) in [6, 6.07) is 0. The van der Waals surface area contributed by atoms with Gasteiger partial charge in [0.05, 0.1) is 13.2 Å². The van der Waals surface area contributed by atoms with Crippen LogP contribution in [0.25, 0.3) is 0 Å². The summed E-state index contributed by atoms with van der Waals surface area (Å²) < 4.78 is 5.32. The van der Waals surface area contributed by atoms with Gasteiger partial charge in [0.2, 0.25) is 5.91 Å². The van der Waals surface area contributed by atoms with E-state index in [0.717, 1.165) is 25.8 Å². The molecule has 0 aromatic rings. The van der Waals surface area contributed by atoms with Crippen LogP contribution >= 0.6 is 0 Å². The number of nitrogens with two attached hydrogens (primary N) is 1. The molecule has 5 N–H and O–H groups in total. The Hall–Kier alpha value is -1.80. The molecular formula is C13H26N4O4. The van der Waals surface area contributed by atoms with Gasteiger partial charge in [-0.2, -0.15) is 0 Å². The summed E-state index contributed by atoms with van der Waals surface area (Å²) in [5.74, 6) is -0.444. The zero-order valence-corrected chi connectivity index (χ0v) is 12.3. The third-order valence-electron chi connectivity index (χ3n) is 2.44. The standard InChI is InChI=1S/C13H26N4O4/c1-15-21-8-7-20-6-4-2-3-5-16-9-12(14)10-17-13(19)11-18/h9,16,18H,1-8,10-11,14H2,(H,17,19)/b12-9-. The number of unbranched alkanes of at least 4 members (excludes halogenated alkanes) is 2. The first kappa shape index (κ1) is 19.2. The highest BCUT2D eigenvalue weighted by Gasteiger charge is 1.97. The van der Waals surface area contributed by atoms with E-state index < -0.39 is 12.5 Å². The van der Waals surface area contributed by atoms with Crippen LogP contribution in [0.1, 0.15) is 19.3 Å². The van der Waals surface area contributed by atoms with E-state index >= 15 is 0 Å². The topological polar surface area (TPSA) is 118 Å². The minimum Gasteiger partial charge on any atom is -0.399 e. The fourth-order valence-corrected chi connectivity index (χ4v) is 1.38. The highest BCUT2D eigenvalue weighted by atomic mass is 16.6. The summed E-state index contributed by atoms with van der Waals surface area (Å²) in [5, 5.41) is 17.3. The number of carbonyl (C=O) groups is 1. The van der Waals surface area contributed by atoms with Crippen LogP contribution in [0.2, 0.25) is 0 Å². The fourth-order valence-electron chi connectivity index (χ4n) is 1.38. The smallest absolute Gasteiger partial charge is 0.246 e. The zero-order chi connectivity index (χ0) is 15.8. The van der Waals surface area contributed by atoms with Crippen LogP contribution < -0.4 is 16.4 Å². The van der Waals surface area contributed by atoms with Crippen LogP contribution in [0.15, 0.2) is 17.1 Å². The predicted molar refractivity (Wildman–Crippen MR) is 80.5 cm³/mol. The van der Waals surface area contributed by atoms with Gasteiger partial charge < -0.3 is 31.0 Å². The molecule has 0 bridgehead atoms. The second-order valence-corrected chi connectivity index (χ2v) is 4.24. The Labute approximate surface area is 125 Å². The van der Waals surface area contributed by atoms with Crippen LogP contribution in [-0.4, -0.2) is 57.2 Å². The number of hydrogen-bond donors (Lipinski definition) is 4. The minimum absolute atomic E-state index is 0.224. The molecule has 0 aromatic carbocycles. The molecule has 0 aromatic heterocycles. The Kier molecular flexibility index (Phi) is 13.4. The average molecular weight is 302 g/mol. The van der Waals surface area contributed by atoms with Gasteiger partial charge in [-0.25, -0.2) is 0 Å². The van der Waals surface area contributed by atoms with Crippen LogP contribution in [0.4, 0.5) is 0 Å². The third kappa shape index (κ3) is 14.4. The van der Waals surface area contributed by atoms with Gasteiger partial charge in [0, 0.05) is 31.8 Å². The summed E-state index contributed by atoms with van der Waals surface area (Å²) in [6.45, 7) is 5.35. The molecular weight excluding hydrogens is 276 g/mol. The van der Waals surface area contributed by atoms with E-state index in [2.05, 4.69) is 27.3 Å². The largest absolute Gasteiger partial charge is 0.399 e. The van der Waals surface area contributed by atoms with Crippen molar-refractivity contribution in [3.8, 4) is 0 Å².